The molecule has 0 atom stereocenters. The van der Waals surface area contributed by atoms with E-state index < -0.39 is 0 Å². The molecule has 1 aliphatic rings. The summed E-state index contributed by atoms with van der Waals surface area (Å²) >= 11 is 0. The van der Waals surface area contributed by atoms with Gasteiger partial charge in [-0.05, 0) is 81.2 Å². The maximum absolute atomic E-state index is 2.78. The fourth-order valence-corrected chi connectivity index (χ4v) is 4.92. The van der Waals surface area contributed by atoms with Gasteiger partial charge in [0.25, 0.3) is 0 Å². The van der Waals surface area contributed by atoms with E-state index in [1.165, 1.54) is 38.8 Å². The minimum Gasteiger partial charge on any atom is -0.298 e. The number of nitrogens with zero attached hydrogens (tertiary/aromatic N) is 1. The minimum atomic E-state index is 0.320. The molecule has 0 amide bonds. The van der Waals surface area contributed by atoms with Crippen molar-refractivity contribution in [2.24, 2.45) is 28.6 Å². The summed E-state index contributed by atoms with van der Waals surface area (Å²) in [4.78, 5) is 2.78. The highest BCUT2D eigenvalue weighted by atomic mass is 15.2. The van der Waals surface area contributed by atoms with Gasteiger partial charge in [-0.15, -0.1) is 0 Å². The van der Waals surface area contributed by atoms with Crippen LogP contribution in [0.2, 0.25) is 0 Å². The van der Waals surface area contributed by atoms with Crippen LogP contribution in [0.1, 0.15) is 109 Å². The first kappa shape index (κ1) is 25.0. The van der Waals surface area contributed by atoms with E-state index in [1.54, 1.807) is 0 Å². The second-order valence-corrected chi connectivity index (χ2v) is 11.0. The lowest BCUT2D eigenvalue weighted by Gasteiger charge is -2.49. The highest BCUT2D eigenvalue weighted by molar-refractivity contribution is 4.93. The molecule has 0 radical (unpaired) electrons. The third-order valence-electron chi connectivity index (χ3n) is 6.84. The first-order chi connectivity index (χ1) is 11.3. The Morgan fingerprint density at radius 1 is 0.840 bits per heavy atom. The van der Waals surface area contributed by atoms with Crippen LogP contribution in [0.5, 0.6) is 0 Å². The zero-order valence-electron chi connectivity index (χ0n) is 19.9. The summed E-state index contributed by atoms with van der Waals surface area (Å²) in [7, 11) is 0. The Balaban J connectivity index is 0.00000277. The summed E-state index contributed by atoms with van der Waals surface area (Å²) < 4.78 is 0. The number of hydrogen-bond acceptors (Lipinski definition) is 1. The molecule has 1 fully saturated rings. The SMILES string of the molecule is CC.CC(C)CC(C)(C)C1CCN(C(C)(C)CC(C)(C)C(C)C)CC1. The van der Waals surface area contributed by atoms with Crippen molar-refractivity contribution in [2.45, 2.75) is 114 Å². The maximum atomic E-state index is 2.78. The van der Waals surface area contributed by atoms with Crippen LogP contribution < -0.4 is 0 Å². The second kappa shape index (κ2) is 9.77. The van der Waals surface area contributed by atoms with Gasteiger partial charge >= 0.3 is 0 Å². The van der Waals surface area contributed by atoms with E-state index in [0.29, 0.717) is 16.4 Å². The third-order valence-corrected chi connectivity index (χ3v) is 6.84. The monoisotopic (exact) mass is 353 g/mol. The van der Waals surface area contributed by atoms with Crippen molar-refractivity contribution in [3.8, 4) is 0 Å². The molecule has 0 aromatic carbocycles. The van der Waals surface area contributed by atoms with Crippen LogP contribution in [0.4, 0.5) is 0 Å². The van der Waals surface area contributed by atoms with Crippen molar-refractivity contribution >= 4 is 0 Å². The van der Waals surface area contributed by atoms with E-state index in [-0.39, 0.29) is 0 Å². The van der Waals surface area contributed by atoms with E-state index in [2.05, 4.69) is 74.1 Å². The number of rotatable bonds is 7. The van der Waals surface area contributed by atoms with Crippen LogP contribution in [-0.4, -0.2) is 23.5 Å². The molecule has 1 nitrogen and oxygen atoms in total. The molecule has 0 bridgehead atoms. The molecule has 0 spiro atoms. The molecular weight excluding hydrogens is 302 g/mol. The highest BCUT2D eigenvalue weighted by Gasteiger charge is 2.39. The summed E-state index contributed by atoms with van der Waals surface area (Å²) in [6.45, 7) is 30.9. The van der Waals surface area contributed by atoms with Crippen LogP contribution >= 0.6 is 0 Å². The largest absolute Gasteiger partial charge is 0.298 e. The van der Waals surface area contributed by atoms with Gasteiger partial charge in [0.2, 0.25) is 0 Å². The van der Waals surface area contributed by atoms with Gasteiger partial charge < -0.3 is 0 Å². The fourth-order valence-electron chi connectivity index (χ4n) is 4.92. The van der Waals surface area contributed by atoms with Gasteiger partial charge in [0, 0.05) is 5.54 Å². The van der Waals surface area contributed by atoms with Crippen LogP contribution in [-0.2, 0) is 0 Å². The number of piperidine rings is 1. The van der Waals surface area contributed by atoms with Crippen molar-refractivity contribution in [3.05, 3.63) is 0 Å². The standard InChI is InChI=1S/C22H45N.C2H6/c1-17(2)15-20(5,6)19-11-13-23(14-12-19)22(9,10)16-21(7,8)18(3)4;1-2/h17-19H,11-16H2,1-10H3;1-2H3. The zero-order valence-corrected chi connectivity index (χ0v) is 19.9. The lowest BCUT2D eigenvalue weighted by molar-refractivity contribution is 0.00406. The highest BCUT2D eigenvalue weighted by Crippen LogP contribution is 2.43. The van der Waals surface area contributed by atoms with Gasteiger partial charge in [-0.3, -0.25) is 4.90 Å². The van der Waals surface area contributed by atoms with Crippen molar-refractivity contribution < 1.29 is 0 Å². The molecule has 0 N–H and O–H groups in total. The summed E-state index contributed by atoms with van der Waals surface area (Å²) in [6.07, 6.45) is 5.41. The lowest BCUT2D eigenvalue weighted by Crippen LogP contribution is -2.52. The molecule has 0 aliphatic carbocycles. The van der Waals surface area contributed by atoms with E-state index >= 15 is 0 Å². The van der Waals surface area contributed by atoms with Crippen LogP contribution in [0.15, 0.2) is 0 Å². The Morgan fingerprint density at radius 2 is 1.28 bits per heavy atom. The molecule has 1 heteroatoms. The molecule has 1 heterocycles. The number of likely N-dealkylation sites (tertiary alicyclic amines) is 1. The lowest BCUT2D eigenvalue weighted by atomic mass is 9.68. The first-order valence-corrected chi connectivity index (χ1v) is 11.0. The van der Waals surface area contributed by atoms with Crippen molar-refractivity contribution in [1.82, 2.24) is 4.90 Å². The van der Waals surface area contributed by atoms with Gasteiger partial charge in [0.1, 0.15) is 0 Å². The average molecular weight is 354 g/mol. The third kappa shape index (κ3) is 7.61. The van der Waals surface area contributed by atoms with Crippen molar-refractivity contribution in [2.75, 3.05) is 13.1 Å². The van der Waals surface area contributed by atoms with Crippen molar-refractivity contribution in [3.63, 3.8) is 0 Å². The zero-order chi connectivity index (χ0) is 20.1. The second-order valence-electron chi connectivity index (χ2n) is 11.0. The molecule has 1 saturated heterocycles. The average Bonchev–Trinajstić information content (AvgIpc) is 2.47. The maximum Gasteiger partial charge on any atom is 0.0158 e. The van der Waals surface area contributed by atoms with Crippen LogP contribution in [0, 0.1) is 28.6 Å². The van der Waals surface area contributed by atoms with Gasteiger partial charge in [0.05, 0.1) is 0 Å². The Labute approximate surface area is 161 Å². The van der Waals surface area contributed by atoms with E-state index in [9.17, 15) is 0 Å². The normalized spacial score (nSPS) is 18.5. The van der Waals surface area contributed by atoms with Crippen LogP contribution in [0.3, 0.4) is 0 Å². The Bertz CT molecular complexity index is 354. The smallest absolute Gasteiger partial charge is 0.0158 e. The summed E-state index contributed by atoms with van der Waals surface area (Å²) in [6, 6.07) is 0. The van der Waals surface area contributed by atoms with Crippen LogP contribution in [0.25, 0.3) is 0 Å². The van der Waals surface area contributed by atoms with Gasteiger partial charge in [-0.25, -0.2) is 0 Å². The Hall–Kier alpha value is -0.0400. The fraction of sp³-hybridized carbons (Fsp3) is 1.00. The molecule has 1 aliphatic heterocycles. The molecule has 0 saturated carbocycles. The van der Waals surface area contributed by atoms with Gasteiger partial charge in [-0.1, -0.05) is 69.2 Å². The van der Waals surface area contributed by atoms with Gasteiger partial charge in [0.15, 0.2) is 0 Å². The predicted octanol–water partition coefficient (Wildman–Crippen LogP) is 7.65. The van der Waals surface area contributed by atoms with E-state index in [0.717, 1.165) is 17.8 Å². The molecule has 0 unspecified atom stereocenters. The summed E-state index contributed by atoms with van der Waals surface area (Å²) in [5.41, 5.74) is 1.24. The Morgan fingerprint density at radius 3 is 1.64 bits per heavy atom. The van der Waals surface area contributed by atoms with E-state index in [1.807, 2.05) is 13.8 Å². The minimum absolute atomic E-state index is 0.320. The Kier molecular flexibility index (Phi) is 9.75. The first-order valence-electron chi connectivity index (χ1n) is 11.0. The molecule has 25 heavy (non-hydrogen) atoms. The van der Waals surface area contributed by atoms with Gasteiger partial charge in [-0.2, -0.15) is 0 Å². The molecule has 0 aromatic heterocycles. The summed E-state index contributed by atoms with van der Waals surface area (Å²) in [5, 5.41) is 0. The predicted molar refractivity (Wildman–Crippen MR) is 116 cm³/mol. The number of hydrogen-bond donors (Lipinski definition) is 0. The topological polar surface area (TPSA) is 3.24 Å². The molecule has 0 aromatic rings. The summed E-state index contributed by atoms with van der Waals surface area (Å²) in [5.74, 6) is 2.45. The quantitative estimate of drug-likeness (QED) is 0.454. The van der Waals surface area contributed by atoms with Crippen molar-refractivity contribution in [1.29, 1.82) is 0 Å². The molecule has 1 rings (SSSR count). The molecule has 152 valence electrons. The molecular formula is C24H51N. The van der Waals surface area contributed by atoms with E-state index in [4.69, 9.17) is 0 Å².